The average molecular weight is 261 g/mol. The van der Waals surface area contributed by atoms with E-state index in [1.807, 2.05) is 19.1 Å². The van der Waals surface area contributed by atoms with Gasteiger partial charge in [-0.25, -0.2) is 0 Å². The summed E-state index contributed by atoms with van der Waals surface area (Å²) in [6, 6.07) is 3.95. The van der Waals surface area contributed by atoms with Crippen molar-refractivity contribution in [2.45, 2.75) is 39.2 Å². The fourth-order valence-corrected chi connectivity index (χ4v) is 2.60. The Kier molecular flexibility index (Phi) is 4.91. The summed E-state index contributed by atoms with van der Waals surface area (Å²) < 4.78 is 0. The van der Waals surface area contributed by atoms with E-state index in [-0.39, 0.29) is 5.91 Å². The van der Waals surface area contributed by atoms with E-state index in [1.54, 1.807) is 6.20 Å². The Morgan fingerprint density at radius 2 is 2.32 bits per heavy atom. The molecule has 0 spiro atoms. The molecule has 1 fully saturated rings. The van der Waals surface area contributed by atoms with Gasteiger partial charge in [0.1, 0.15) is 0 Å². The minimum absolute atomic E-state index is 0.0144. The summed E-state index contributed by atoms with van der Waals surface area (Å²) in [4.78, 5) is 18.8. The molecule has 1 aromatic rings. The molecule has 1 N–H and O–H groups in total. The first kappa shape index (κ1) is 14.0. The molecule has 1 saturated heterocycles. The Labute approximate surface area is 115 Å². The largest absolute Gasteiger partial charge is 0.349 e. The summed E-state index contributed by atoms with van der Waals surface area (Å²) in [6.07, 6.45) is 4.99. The molecule has 0 aliphatic carbocycles. The van der Waals surface area contributed by atoms with Gasteiger partial charge in [0, 0.05) is 24.5 Å². The number of nitrogens with zero attached hydrogens (tertiary/aromatic N) is 2. The van der Waals surface area contributed by atoms with Gasteiger partial charge in [-0.2, -0.15) is 0 Å². The predicted molar refractivity (Wildman–Crippen MR) is 76.2 cm³/mol. The van der Waals surface area contributed by atoms with Crippen LogP contribution in [-0.2, 0) is 0 Å². The molecule has 0 bridgehead atoms. The second-order valence-corrected chi connectivity index (χ2v) is 5.17. The molecule has 1 aliphatic rings. The number of likely N-dealkylation sites (tertiary alicyclic amines) is 1. The fraction of sp³-hybridized carbons (Fsp3) is 0.600. The van der Waals surface area contributed by atoms with Crippen LogP contribution in [0.15, 0.2) is 18.3 Å². The second kappa shape index (κ2) is 6.66. The number of pyridine rings is 1. The number of carbonyl (C=O) groups excluding carboxylic acids is 1. The summed E-state index contributed by atoms with van der Waals surface area (Å²) in [5, 5.41) is 3.16. The van der Waals surface area contributed by atoms with Gasteiger partial charge in [-0.3, -0.25) is 9.78 Å². The van der Waals surface area contributed by atoms with E-state index in [1.165, 1.54) is 0 Å². The number of amides is 1. The zero-order valence-electron chi connectivity index (χ0n) is 11.9. The number of aryl methyl sites for hydroxylation is 1. The van der Waals surface area contributed by atoms with Crippen LogP contribution in [0.5, 0.6) is 0 Å². The Balaban J connectivity index is 1.94. The molecule has 4 heteroatoms. The lowest BCUT2D eigenvalue weighted by molar-refractivity contribution is 0.0932. The van der Waals surface area contributed by atoms with Crippen molar-refractivity contribution in [2.75, 3.05) is 19.6 Å². The molecule has 2 rings (SSSR count). The van der Waals surface area contributed by atoms with Crippen LogP contribution in [-0.4, -0.2) is 41.5 Å². The molecule has 1 aliphatic heterocycles. The molecule has 104 valence electrons. The first-order chi connectivity index (χ1) is 9.20. The van der Waals surface area contributed by atoms with Gasteiger partial charge < -0.3 is 10.2 Å². The zero-order valence-corrected chi connectivity index (χ0v) is 11.9. The van der Waals surface area contributed by atoms with Gasteiger partial charge in [0.25, 0.3) is 5.91 Å². The molecule has 2 heterocycles. The van der Waals surface area contributed by atoms with Crippen LogP contribution in [0.2, 0.25) is 0 Å². The lowest BCUT2D eigenvalue weighted by Crippen LogP contribution is -2.36. The van der Waals surface area contributed by atoms with Crippen molar-refractivity contribution >= 4 is 5.91 Å². The maximum atomic E-state index is 12.2. The summed E-state index contributed by atoms with van der Waals surface area (Å²) in [7, 11) is 0. The van der Waals surface area contributed by atoms with E-state index in [2.05, 4.69) is 22.1 Å². The summed E-state index contributed by atoms with van der Waals surface area (Å²) in [6.45, 7) is 7.39. The van der Waals surface area contributed by atoms with Gasteiger partial charge in [0.05, 0.1) is 5.56 Å². The highest BCUT2D eigenvalue weighted by Gasteiger charge is 2.19. The van der Waals surface area contributed by atoms with Crippen LogP contribution < -0.4 is 5.32 Å². The molecule has 1 amide bonds. The lowest BCUT2D eigenvalue weighted by Gasteiger charge is -2.18. The molecule has 0 aromatic carbocycles. The molecule has 1 atom stereocenters. The first-order valence-electron chi connectivity index (χ1n) is 7.15. The molecular formula is C15H23N3O. The minimum Gasteiger partial charge on any atom is -0.349 e. The highest BCUT2D eigenvalue weighted by Crippen LogP contribution is 2.12. The van der Waals surface area contributed by atoms with Crippen LogP contribution in [0, 0.1) is 6.92 Å². The number of rotatable bonds is 3. The van der Waals surface area contributed by atoms with E-state index in [0.29, 0.717) is 11.6 Å². The number of nitrogens with one attached hydrogen (secondary N) is 1. The lowest BCUT2D eigenvalue weighted by atomic mass is 10.1. The molecule has 0 saturated carbocycles. The van der Waals surface area contributed by atoms with Crippen LogP contribution in [0.3, 0.4) is 0 Å². The van der Waals surface area contributed by atoms with Crippen LogP contribution >= 0.6 is 0 Å². The third kappa shape index (κ3) is 3.77. The monoisotopic (exact) mass is 261 g/mol. The fourth-order valence-electron chi connectivity index (χ4n) is 2.60. The highest BCUT2D eigenvalue weighted by atomic mass is 16.1. The quantitative estimate of drug-likeness (QED) is 0.905. The van der Waals surface area contributed by atoms with Gasteiger partial charge in [-0.05, 0) is 51.4 Å². The topological polar surface area (TPSA) is 45.2 Å². The zero-order chi connectivity index (χ0) is 13.7. The smallest absolute Gasteiger partial charge is 0.253 e. The van der Waals surface area contributed by atoms with E-state index in [0.717, 1.165) is 44.6 Å². The van der Waals surface area contributed by atoms with E-state index >= 15 is 0 Å². The summed E-state index contributed by atoms with van der Waals surface area (Å²) in [5.74, 6) is 0.0144. The molecule has 1 unspecified atom stereocenters. The standard InChI is InChI=1S/C15H23N3O/c1-3-18-10-5-6-13(8-11-18)17-15(19)14-7-4-9-16-12(14)2/h4,7,9,13H,3,5-6,8,10-11H2,1-2H3,(H,17,19). The van der Waals surface area contributed by atoms with Crippen LogP contribution in [0.4, 0.5) is 0 Å². The highest BCUT2D eigenvalue weighted by molar-refractivity contribution is 5.95. The van der Waals surface area contributed by atoms with Gasteiger partial charge in [-0.1, -0.05) is 6.92 Å². The predicted octanol–water partition coefficient (Wildman–Crippen LogP) is 1.99. The second-order valence-electron chi connectivity index (χ2n) is 5.17. The summed E-state index contributed by atoms with van der Waals surface area (Å²) in [5.41, 5.74) is 1.49. The molecular weight excluding hydrogens is 238 g/mol. The van der Waals surface area contributed by atoms with E-state index in [9.17, 15) is 4.79 Å². The van der Waals surface area contributed by atoms with Crippen molar-refractivity contribution in [3.05, 3.63) is 29.6 Å². The summed E-state index contributed by atoms with van der Waals surface area (Å²) >= 11 is 0. The average Bonchev–Trinajstić information content (AvgIpc) is 2.64. The van der Waals surface area contributed by atoms with Gasteiger partial charge in [0.15, 0.2) is 0 Å². The normalized spacial score (nSPS) is 20.8. The van der Waals surface area contributed by atoms with Crippen molar-refractivity contribution < 1.29 is 4.79 Å². The number of carbonyl (C=O) groups is 1. The Hall–Kier alpha value is -1.42. The van der Waals surface area contributed by atoms with Crippen molar-refractivity contribution in [3.8, 4) is 0 Å². The SMILES string of the molecule is CCN1CCCC(NC(=O)c2cccnc2C)CC1. The Bertz CT molecular complexity index is 433. The van der Waals surface area contributed by atoms with Gasteiger partial charge >= 0.3 is 0 Å². The molecule has 4 nitrogen and oxygen atoms in total. The Morgan fingerprint density at radius 3 is 3.05 bits per heavy atom. The van der Waals surface area contributed by atoms with Crippen molar-refractivity contribution in [3.63, 3.8) is 0 Å². The minimum atomic E-state index is 0.0144. The van der Waals surface area contributed by atoms with E-state index in [4.69, 9.17) is 0 Å². The third-order valence-electron chi connectivity index (χ3n) is 3.85. The third-order valence-corrected chi connectivity index (χ3v) is 3.85. The van der Waals surface area contributed by atoms with Gasteiger partial charge in [0.2, 0.25) is 0 Å². The maximum Gasteiger partial charge on any atom is 0.253 e. The number of hydrogen-bond acceptors (Lipinski definition) is 3. The molecule has 1 aromatic heterocycles. The van der Waals surface area contributed by atoms with Crippen LogP contribution in [0.25, 0.3) is 0 Å². The van der Waals surface area contributed by atoms with Crippen molar-refractivity contribution in [2.24, 2.45) is 0 Å². The van der Waals surface area contributed by atoms with Crippen molar-refractivity contribution in [1.29, 1.82) is 0 Å². The van der Waals surface area contributed by atoms with Gasteiger partial charge in [-0.15, -0.1) is 0 Å². The number of hydrogen-bond donors (Lipinski definition) is 1. The first-order valence-corrected chi connectivity index (χ1v) is 7.15. The molecule has 0 radical (unpaired) electrons. The van der Waals surface area contributed by atoms with Crippen molar-refractivity contribution in [1.82, 2.24) is 15.2 Å². The van der Waals surface area contributed by atoms with Crippen LogP contribution in [0.1, 0.15) is 42.2 Å². The molecule has 19 heavy (non-hydrogen) atoms. The maximum absolute atomic E-state index is 12.2. The van der Waals surface area contributed by atoms with E-state index < -0.39 is 0 Å². The Morgan fingerprint density at radius 1 is 1.47 bits per heavy atom. The number of aromatic nitrogens is 1.